The first-order valence-corrected chi connectivity index (χ1v) is 18.5. The van der Waals surface area contributed by atoms with Gasteiger partial charge in [-0.25, -0.2) is 24.9 Å². The van der Waals surface area contributed by atoms with Crippen LogP contribution in [0.1, 0.15) is 5.56 Å². The van der Waals surface area contributed by atoms with Gasteiger partial charge in [0.2, 0.25) is 0 Å². The predicted octanol–water partition coefficient (Wildman–Crippen LogP) is 12.7. The standard InChI is InChI=1S/C49H29N5O3/c1-2-3-14-32-28-55-39-24-13-21-36(41(32)39)48-52-46(30-17-8-5-9-18-30)53-49(54-48)37-22-12-20-34-33-26-25-31(27-40(33)57-44(34)37)47-50-42(29-15-6-4-7-16-29)45-43(51-47)35-19-10-11-23-38(35)56-45/h2-28H,1H2/b14-3-. The minimum Gasteiger partial charge on any atom is -0.464 e. The smallest absolute Gasteiger partial charge is 0.180 e. The van der Waals surface area contributed by atoms with E-state index >= 15 is 0 Å². The normalized spacial score (nSPS) is 11.9. The highest BCUT2D eigenvalue weighted by molar-refractivity contribution is 6.11. The van der Waals surface area contributed by atoms with Crippen molar-refractivity contribution in [2.75, 3.05) is 0 Å². The second-order valence-electron chi connectivity index (χ2n) is 13.7. The molecule has 0 fully saturated rings. The van der Waals surface area contributed by atoms with Crippen LogP contribution in [0, 0.1) is 0 Å². The van der Waals surface area contributed by atoms with Gasteiger partial charge in [-0.05, 0) is 36.4 Å². The van der Waals surface area contributed by atoms with Crippen molar-refractivity contribution < 1.29 is 13.3 Å². The Morgan fingerprint density at radius 2 is 1.14 bits per heavy atom. The molecule has 5 heterocycles. The molecule has 57 heavy (non-hydrogen) atoms. The summed E-state index contributed by atoms with van der Waals surface area (Å²) in [5, 5.41) is 3.73. The summed E-state index contributed by atoms with van der Waals surface area (Å²) in [4.78, 5) is 25.4. The van der Waals surface area contributed by atoms with Gasteiger partial charge in [0.25, 0.3) is 0 Å². The molecule has 0 radical (unpaired) electrons. The fourth-order valence-corrected chi connectivity index (χ4v) is 7.55. The molecule has 0 unspecified atom stereocenters. The van der Waals surface area contributed by atoms with Crippen LogP contribution in [0.3, 0.4) is 0 Å². The first kappa shape index (κ1) is 32.5. The number of hydrogen-bond acceptors (Lipinski definition) is 8. The van der Waals surface area contributed by atoms with E-state index in [9.17, 15) is 0 Å². The third kappa shape index (κ3) is 5.42. The van der Waals surface area contributed by atoms with E-state index in [4.69, 9.17) is 38.2 Å². The average molecular weight is 736 g/mol. The Labute approximate surface area is 325 Å². The Hall–Kier alpha value is -7.97. The van der Waals surface area contributed by atoms with Gasteiger partial charge in [-0.1, -0.05) is 128 Å². The van der Waals surface area contributed by atoms with Crippen LogP contribution in [0.15, 0.2) is 178 Å². The first-order chi connectivity index (χ1) is 28.2. The number of aromatic nitrogens is 5. The number of hydrogen-bond donors (Lipinski definition) is 0. The van der Waals surface area contributed by atoms with Crippen LogP contribution < -0.4 is 0 Å². The number of rotatable bonds is 7. The van der Waals surface area contributed by atoms with E-state index in [1.807, 2.05) is 140 Å². The van der Waals surface area contributed by atoms with Crippen molar-refractivity contribution in [1.29, 1.82) is 0 Å². The predicted molar refractivity (Wildman–Crippen MR) is 226 cm³/mol. The van der Waals surface area contributed by atoms with Gasteiger partial charge >= 0.3 is 0 Å². The number of benzene rings is 6. The van der Waals surface area contributed by atoms with Crippen LogP contribution in [0.5, 0.6) is 0 Å². The third-order valence-corrected chi connectivity index (χ3v) is 10.2. The summed E-state index contributed by atoms with van der Waals surface area (Å²) in [5.41, 5.74) is 10.1. The molecule has 8 heteroatoms. The summed E-state index contributed by atoms with van der Waals surface area (Å²) in [6.07, 6.45) is 7.33. The third-order valence-electron chi connectivity index (χ3n) is 10.2. The number of fused-ring (bicyclic) bond motifs is 7. The molecule has 0 bridgehead atoms. The maximum atomic E-state index is 6.76. The van der Waals surface area contributed by atoms with E-state index in [2.05, 4.69) is 18.7 Å². The Kier molecular flexibility index (Phi) is 7.46. The molecule has 0 spiro atoms. The van der Waals surface area contributed by atoms with Crippen LogP contribution in [0.2, 0.25) is 0 Å². The molecular weight excluding hydrogens is 707 g/mol. The first-order valence-electron chi connectivity index (χ1n) is 18.5. The Morgan fingerprint density at radius 1 is 0.474 bits per heavy atom. The van der Waals surface area contributed by atoms with Gasteiger partial charge < -0.3 is 13.3 Å². The van der Waals surface area contributed by atoms with Gasteiger partial charge in [0.1, 0.15) is 33.5 Å². The molecule has 0 atom stereocenters. The minimum atomic E-state index is 0.487. The van der Waals surface area contributed by atoms with E-state index in [1.165, 1.54) is 0 Å². The molecule has 0 amide bonds. The van der Waals surface area contributed by atoms with Gasteiger partial charge in [-0.15, -0.1) is 0 Å². The summed E-state index contributed by atoms with van der Waals surface area (Å²) in [6, 6.07) is 46.0. The number of para-hydroxylation sites is 2. The van der Waals surface area contributed by atoms with Crippen molar-refractivity contribution >= 4 is 61.1 Å². The summed E-state index contributed by atoms with van der Waals surface area (Å²) >= 11 is 0. The van der Waals surface area contributed by atoms with Crippen LogP contribution >= 0.6 is 0 Å². The maximum Gasteiger partial charge on any atom is 0.180 e. The van der Waals surface area contributed by atoms with Gasteiger partial charge in [-0.2, -0.15) is 0 Å². The van der Waals surface area contributed by atoms with Gasteiger partial charge in [0, 0.05) is 49.4 Å². The number of nitrogens with zero attached hydrogens (tertiary/aromatic N) is 5. The molecule has 0 aliphatic rings. The lowest BCUT2D eigenvalue weighted by atomic mass is 10.0. The summed E-state index contributed by atoms with van der Waals surface area (Å²) in [5.74, 6) is 2.12. The summed E-state index contributed by atoms with van der Waals surface area (Å²) in [7, 11) is 0. The zero-order valence-electron chi connectivity index (χ0n) is 30.3. The Bertz CT molecular complexity index is 3380. The number of allylic oxidation sites excluding steroid dienone is 2. The molecule has 6 aromatic carbocycles. The van der Waals surface area contributed by atoms with Crippen molar-refractivity contribution in [2.24, 2.45) is 0 Å². The molecule has 0 N–H and O–H groups in total. The van der Waals surface area contributed by atoms with E-state index in [0.717, 1.165) is 77.3 Å². The van der Waals surface area contributed by atoms with E-state index in [0.29, 0.717) is 40.0 Å². The monoisotopic (exact) mass is 735 g/mol. The molecule has 5 aromatic heterocycles. The molecule has 0 saturated carbocycles. The van der Waals surface area contributed by atoms with Gasteiger partial charge in [-0.3, -0.25) is 0 Å². The largest absolute Gasteiger partial charge is 0.464 e. The van der Waals surface area contributed by atoms with E-state index in [-0.39, 0.29) is 0 Å². The molecule has 268 valence electrons. The molecular formula is C49H29N5O3. The lowest BCUT2D eigenvalue weighted by Crippen LogP contribution is -2.00. The lowest BCUT2D eigenvalue weighted by Gasteiger charge is -2.09. The minimum absolute atomic E-state index is 0.487. The fraction of sp³-hybridized carbons (Fsp3) is 0. The van der Waals surface area contributed by atoms with Crippen LogP contribution in [-0.2, 0) is 0 Å². The quantitative estimate of drug-likeness (QED) is 0.149. The van der Waals surface area contributed by atoms with Crippen molar-refractivity contribution in [3.63, 3.8) is 0 Å². The molecule has 11 rings (SSSR count). The van der Waals surface area contributed by atoms with E-state index in [1.54, 1.807) is 12.3 Å². The molecule has 8 nitrogen and oxygen atoms in total. The van der Waals surface area contributed by atoms with Crippen molar-refractivity contribution in [3.8, 4) is 56.8 Å². The average Bonchev–Trinajstić information content (AvgIpc) is 3.99. The van der Waals surface area contributed by atoms with Gasteiger partial charge in [0.15, 0.2) is 28.9 Å². The lowest BCUT2D eigenvalue weighted by molar-refractivity contribution is 0.615. The second-order valence-corrected chi connectivity index (χ2v) is 13.7. The highest BCUT2D eigenvalue weighted by Crippen LogP contribution is 2.40. The van der Waals surface area contributed by atoms with Crippen molar-refractivity contribution in [1.82, 2.24) is 24.9 Å². The molecule has 0 saturated heterocycles. The SMILES string of the molecule is C=C/C=C\c1coc2cccc(-c3nc(-c4ccccc4)nc(-c4cccc5c4oc4cc(-c6nc(-c7ccccc7)c7oc8ccccc8c7n6)ccc45)n3)c12. The zero-order chi connectivity index (χ0) is 37.9. The Balaban J connectivity index is 1.09. The second kappa shape index (κ2) is 13.1. The van der Waals surface area contributed by atoms with Crippen LogP contribution in [0.4, 0.5) is 0 Å². The topological polar surface area (TPSA) is 104 Å². The van der Waals surface area contributed by atoms with Crippen LogP contribution in [0.25, 0.3) is 118 Å². The highest BCUT2D eigenvalue weighted by atomic mass is 16.3. The molecule has 0 aliphatic carbocycles. The zero-order valence-corrected chi connectivity index (χ0v) is 30.3. The Morgan fingerprint density at radius 3 is 1.98 bits per heavy atom. The van der Waals surface area contributed by atoms with Crippen LogP contribution in [-0.4, -0.2) is 24.9 Å². The van der Waals surface area contributed by atoms with E-state index < -0.39 is 0 Å². The highest BCUT2D eigenvalue weighted by Gasteiger charge is 2.22. The molecule has 11 aromatic rings. The summed E-state index contributed by atoms with van der Waals surface area (Å²) in [6.45, 7) is 3.84. The number of furan rings is 3. The summed E-state index contributed by atoms with van der Waals surface area (Å²) < 4.78 is 19.0. The van der Waals surface area contributed by atoms with Crippen molar-refractivity contribution in [2.45, 2.75) is 0 Å². The molecule has 0 aliphatic heterocycles. The van der Waals surface area contributed by atoms with Crippen molar-refractivity contribution in [3.05, 3.63) is 170 Å². The maximum absolute atomic E-state index is 6.76. The van der Waals surface area contributed by atoms with Gasteiger partial charge in [0.05, 0.1) is 11.8 Å². The fourth-order valence-electron chi connectivity index (χ4n) is 7.55.